The first kappa shape index (κ1) is 16.6. The first-order valence-electron chi connectivity index (χ1n) is 8.27. The summed E-state index contributed by atoms with van der Waals surface area (Å²) in [6.07, 6.45) is 0. The first-order valence-corrected chi connectivity index (χ1v) is 8.27. The molecule has 0 atom stereocenters. The third-order valence-electron chi connectivity index (χ3n) is 4.43. The molecule has 0 saturated carbocycles. The number of hydrogen-bond donors (Lipinski definition) is 0. The second kappa shape index (κ2) is 7.13. The number of rotatable bonds is 4. The van der Waals surface area contributed by atoms with Crippen LogP contribution in [0.4, 0.5) is 4.39 Å². The molecule has 0 unspecified atom stereocenters. The molecule has 0 aliphatic carbocycles. The molecule has 2 heterocycles. The van der Waals surface area contributed by atoms with Crippen molar-refractivity contribution in [3.63, 3.8) is 0 Å². The lowest BCUT2D eigenvalue weighted by molar-refractivity contribution is -0.133. The number of benzene rings is 1. The van der Waals surface area contributed by atoms with E-state index in [1.54, 1.807) is 4.68 Å². The molecule has 128 valence electrons. The Morgan fingerprint density at radius 1 is 1.12 bits per heavy atom. The number of amides is 1. The van der Waals surface area contributed by atoms with E-state index in [1.165, 1.54) is 12.1 Å². The maximum absolute atomic E-state index is 12.9. The minimum atomic E-state index is -0.210. The zero-order valence-corrected chi connectivity index (χ0v) is 14.2. The summed E-state index contributed by atoms with van der Waals surface area (Å²) >= 11 is 0. The van der Waals surface area contributed by atoms with Crippen LogP contribution in [0.15, 0.2) is 30.3 Å². The minimum absolute atomic E-state index is 0.114. The number of halogens is 1. The molecule has 6 heteroatoms. The summed E-state index contributed by atoms with van der Waals surface area (Å²) in [6, 6.07) is 8.59. The minimum Gasteiger partial charge on any atom is -0.339 e. The Bertz CT molecular complexity index is 702. The van der Waals surface area contributed by atoms with E-state index in [1.807, 2.05) is 36.9 Å². The molecule has 1 aliphatic heterocycles. The Balaban J connectivity index is 1.50. The maximum Gasteiger partial charge on any atom is 0.244 e. The van der Waals surface area contributed by atoms with Crippen LogP contribution in [-0.2, 0) is 17.9 Å². The molecule has 2 aromatic rings. The van der Waals surface area contributed by atoms with Crippen molar-refractivity contribution in [2.45, 2.75) is 26.9 Å². The van der Waals surface area contributed by atoms with E-state index in [4.69, 9.17) is 0 Å². The molecular formula is C18H23FN4O. The predicted molar refractivity (Wildman–Crippen MR) is 90.0 cm³/mol. The van der Waals surface area contributed by atoms with Crippen LogP contribution in [0, 0.1) is 19.7 Å². The lowest BCUT2D eigenvalue weighted by Crippen LogP contribution is -2.49. The number of carbonyl (C=O) groups is 1. The highest BCUT2D eigenvalue weighted by Crippen LogP contribution is 2.11. The van der Waals surface area contributed by atoms with Gasteiger partial charge in [0.05, 0.1) is 5.69 Å². The molecule has 1 aliphatic rings. The predicted octanol–water partition coefficient (Wildman–Crippen LogP) is 1.98. The summed E-state index contributed by atoms with van der Waals surface area (Å²) in [5, 5.41) is 4.35. The highest BCUT2D eigenvalue weighted by atomic mass is 19.1. The van der Waals surface area contributed by atoms with Gasteiger partial charge in [-0.3, -0.25) is 14.4 Å². The normalized spacial score (nSPS) is 15.7. The lowest BCUT2D eigenvalue weighted by Gasteiger charge is -2.34. The summed E-state index contributed by atoms with van der Waals surface area (Å²) in [5.41, 5.74) is 3.04. The van der Waals surface area contributed by atoms with Crippen molar-refractivity contribution >= 4 is 5.91 Å². The van der Waals surface area contributed by atoms with Crippen molar-refractivity contribution in [3.8, 4) is 0 Å². The van der Waals surface area contributed by atoms with Gasteiger partial charge in [0.25, 0.3) is 0 Å². The van der Waals surface area contributed by atoms with Gasteiger partial charge in [-0.05, 0) is 37.6 Å². The molecule has 1 fully saturated rings. The van der Waals surface area contributed by atoms with Gasteiger partial charge in [0.2, 0.25) is 5.91 Å². The Labute approximate surface area is 141 Å². The van der Waals surface area contributed by atoms with E-state index in [0.29, 0.717) is 6.54 Å². The number of nitrogens with zero attached hydrogens (tertiary/aromatic N) is 4. The van der Waals surface area contributed by atoms with E-state index in [2.05, 4.69) is 10.00 Å². The van der Waals surface area contributed by atoms with Crippen LogP contribution in [0.25, 0.3) is 0 Å². The van der Waals surface area contributed by atoms with Crippen molar-refractivity contribution in [3.05, 3.63) is 53.1 Å². The fourth-order valence-corrected chi connectivity index (χ4v) is 3.07. The molecule has 24 heavy (non-hydrogen) atoms. The van der Waals surface area contributed by atoms with E-state index < -0.39 is 0 Å². The van der Waals surface area contributed by atoms with Crippen LogP contribution in [-0.4, -0.2) is 51.7 Å². The Morgan fingerprint density at radius 2 is 1.79 bits per heavy atom. The highest BCUT2D eigenvalue weighted by Gasteiger charge is 2.21. The fourth-order valence-electron chi connectivity index (χ4n) is 3.07. The third kappa shape index (κ3) is 4.00. The highest BCUT2D eigenvalue weighted by molar-refractivity contribution is 5.76. The van der Waals surface area contributed by atoms with Crippen LogP contribution < -0.4 is 0 Å². The molecule has 1 saturated heterocycles. The van der Waals surface area contributed by atoms with Crippen molar-refractivity contribution in [2.75, 3.05) is 26.2 Å². The molecule has 0 bridgehead atoms. The van der Waals surface area contributed by atoms with Crippen LogP contribution >= 0.6 is 0 Å². The van der Waals surface area contributed by atoms with Crippen molar-refractivity contribution in [1.29, 1.82) is 0 Å². The van der Waals surface area contributed by atoms with Crippen LogP contribution in [0.5, 0.6) is 0 Å². The molecule has 5 nitrogen and oxygen atoms in total. The number of aryl methyl sites for hydroxylation is 2. The second-order valence-corrected chi connectivity index (χ2v) is 6.37. The monoisotopic (exact) mass is 330 g/mol. The SMILES string of the molecule is Cc1cc(C)n(CC(=O)N2CCN(Cc3ccc(F)cc3)CC2)n1. The van der Waals surface area contributed by atoms with Gasteiger partial charge in [0, 0.05) is 38.4 Å². The van der Waals surface area contributed by atoms with Crippen LogP contribution in [0.1, 0.15) is 17.0 Å². The summed E-state index contributed by atoms with van der Waals surface area (Å²) in [4.78, 5) is 16.6. The smallest absolute Gasteiger partial charge is 0.244 e. The number of hydrogen-bond acceptors (Lipinski definition) is 3. The topological polar surface area (TPSA) is 41.4 Å². The number of aromatic nitrogens is 2. The lowest BCUT2D eigenvalue weighted by atomic mass is 10.2. The van der Waals surface area contributed by atoms with Gasteiger partial charge in [0.1, 0.15) is 12.4 Å². The van der Waals surface area contributed by atoms with Gasteiger partial charge >= 0.3 is 0 Å². The Kier molecular flexibility index (Phi) is 4.94. The zero-order valence-electron chi connectivity index (χ0n) is 14.2. The van der Waals surface area contributed by atoms with E-state index in [9.17, 15) is 9.18 Å². The van der Waals surface area contributed by atoms with Crippen molar-refractivity contribution in [2.24, 2.45) is 0 Å². The molecule has 1 amide bonds. The molecule has 0 spiro atoms. The Hall–Kier alpha value is -2.21. The molecule has 1 aromatic heterocycles. The van der Waals surface area contributed by atoms with E-state index >= 15 is 0 Å². The summed E-state index contributed by atoms with van der Waals surface area (Å²) < 4.78 is 14.7. The molecule has 0 N–H and O–H groups in total. The summed E-state index contributed by atoms with van der Waals surface area (Å²) in [6.45, 7) is 8.10. The van der Waals surface area contributed by atoms with Gasteiger partial charge in [-0.15, -0.1) is 0 Å². The molecular weight excluding hydrogens is 307 g/mol. The fraction of sp³-hybridized carbons (Fsp3) is 0.444. The van der Waals surface area contributed by atoms with Crippen LogP contribution in [0.3, 0.4) is 0 Å². The summed E-state index contributed by atoms with van der Waals surface area (Å²) in [5.74, 6) is -0.0963. The van der Waals surface area contributed by atoms with Crippen molar-refractivity contribution < 1.29 is 9.18 Å². The number of carbonyl (C=O) groups excluding carboxylic acids is 1. The third-order valence-corrected chi connectivity index (χ3v) is 4.43. The van der Waals surface area contributed by atoms with Gasteiger partial charge in [-0.25, -0.2) is 4.39 Å². The van der Waals surface area contributed by atoms with Gasteiger partial charge in [-0.1, -0.05) is 12.1 Å². The van der Waals surface area contributed by atoms with Gasteiger partial charge in [-0.2, -0.15) is 5.10 Å². The van der Waals surface area contributed by atoms with Crippen LogP contribution in [0.2, 0.25) is 0 Å². The largest absolute Gasteiger partial charge is 0.339 e. The van der Waals surface area contributed by atoms with Crippen molar-refractivity contribution in [1.82, 2.24) is 19.6 Å². The quantitative estimate of drug-likeness (QED) is 0.861. The van der Waals surface area contributed by atoms with Gasteiger partial charge in [0.15, 0.2) is 0 Å². The van der Waals surface area contributed by atoms with Gasteiger partial charge < -0.3 is 4.90 Å². The molecule has 0 radical (unpaired) electrons. The van der Waals surface area contributed by atoms with E-state index in [0.717, 1.165) is 49.7 Å². The maximum atomic E-state index is 12.9. The molecule has 3 rings (SSSR count). The Morgan fingerprint density at radius 3 is 2.38 bits per heavy atom. The summed E-state index contributed by atoms with van der Waals surface area (Å²) in [7, 11) is 0. The zero-order chi connectivity index (χ0) is 17.1. The average molecular weight is 330 g/mol. The average Bonchev–Trinajstić information content (AvgIpc) is 2.88. The standard InChI is InChI=1S/C18H23FN4O/c1-14-11-15(2)23(20-14)13-18(24)22-9-7-21(8-10-22)12-16-3-5-17(19)6-4-16/h3-6,11H,7-10,12-13H2,1-2H3. The second-order valence-electron chi connectivity index (χ2n) is 6.37. The molecule has 1 aromatic carbocycles. The first-order chi connectivity index (χ1) is 11.5. The van der Waals surface area contributed by atoms with E-state index in [-0.39, 0.29) is 11.7 Å². The number of piperazine rings is 1.